The van der Waals surface area contributed by atoms with E-state index in [9.17, 15) is 0 Å². The fourth-order valence-electron chi connectivity index (χ4n) is 1.73. The predicted molar refractivity (Wildman–Crippen MR) is 64.8 cm³/mol. The number of hydrogen-bond acceptors (Lipinski definition) is 4. The van der Waals surface area contributed by atoms with Gasteiger partial charge in [0.25, 0.3) is 0 Å². The summed E-state index contributed by atoms with van der Waals surface area (Å²) in [6, 6.07) is 7.62. The first-order valence-electron chi connectivity index (χ1n) is 5.89. The molecule has 5 nitrogen and oxygen atoms in total. The summed E-state index contributed by atoms with van der Waals surface area (Å²) in [7, 11) is 0. The molecule has 18 heavy (non-hydrogen) atoms. The third-order valence-electron chi connectivity index (χ3n) is 2.96. The Morgan fingerprint density at radius 3 is 3.00 bits per heavy atom. The second kappa shape index (κ2) is 4.49. The molecule has 3 rings (SSSR count). The first kappa shape index (κ1) is 10.8. The van der Waals surface area contributed by atoms with E-state index in [0.29, 0.717) is 29.7 Å². The fourth-order valence-corrected chi connectivity index (χ4v) is 1.73. The molecule has 0 atom stereocenters. The van der Waals surface area contributed by atoms with Gasteiger partial charge in [0.15, 0.2) is 5.82 Å². The second-order valence-electron chi connectivity index (χ2n) is 4.41. The number of nitriles is 1. The van der Waals surface area contributed by atoms with E-state index in [1.807, 2.05) is 12.1 Å². The number of aromatic nitrogens is 3. The largest absolute Gasteiger partial charge is 0.492 e. The van der Waals surface area contributed by atoms with Gasteiger partial charge in [-0.15, -0.1) is 0 Å². The molecule has 0 aliphatic heterocycles. The summed E-state index contributed by atoms with van der Waals surface area (Å²) in [5.74, 6) is 1.97. The summed E-state index contributed by atoms with van der Waals surface area (Å²) >= 11 is 0. The van der Waals surface area contributed by atoms with Crippen molar-refractivity contribution in [2.45, 2.75) is 12.8 Å². The number of ether oxygens (including phenoxy) is 1. The van der Waals surface area contributed by atoms with Gasteiger partial charge in [0.1, 0.15) is 18.1 Å². The molecule has 1 fully saturated rings. The molecular formula is C13H12N4O. The van der Waals surface area contributed by atoms with Gasteiger partial charge in [-0.3, -0.25) is 5.10 Å². The predicted octanol–water partition coefficient (Wildman–Crippen LogP) is 2.13. The Balaban J connectivity index is 1.85. The van der Waals surface area contributed by atoms with Crippen molar-refractivity contribution >= 4 is 0 Å². The Morgan fingerprint density at radius 1 is 1.44 bits per heavy atom. The number of nitrogens with zero attached hydrogens (tertiary/aromatic N) is 3. The molecule has 2 aromatic rings. The number of nitrogens with one attached hydrogen (secondary N) is 1. The van der Waals surface area contributed by atoms with Crippen molar-refractivity contribution in [2.24, 2.45) is 5.92 Å². The maximum absolute atomic E-state index is 9.15. The number of H-pyrrole nitrogens is 1. The molecule has 0 bridgehead atoms. The molecule has 1 aliphatic carbocycles. The highest BCUT2D eigenvalue weighted by atomic mass is 16.5. The van der Waals surface area contributed by atoms with E-state index in [0.717, 1.165) is 5.56 Å². The summed E-state index contributed by atoms with van der Waals surface area (Å²) in [5.41, 5.74) is 1.37. The molecule has 0 amide bonds. The molecular weight excluding hydrogens is 228 g/mol. The van der Waals surface area contributed by atoms with Gasteiger partial charge in [0, 0.05) is 5.56 Å². The lowest BCUT2D eigenvalue weighted by atomic mass is 10.1. The van der Waals surface area contributed by atoms with Crippen LogP contribution in [-0.4, -0.2) is 21.8 Å². The van der Waals surface area contributed by atoms with Crippen LogP contribution in [0.3, 0.4) is 0 Å². The number of rotatable bonds is 4. The lowest BCUT2D eigenvalue weighted by Crippen LogP contribution is -2.00. The Kier molecular flexibility index (Phi) is 2.69. The third-order valence-corrected chi connectivity index (χ3v) is 2.96. The monoisotopic (exact) mass is 240 g/mol. The molecule has 0 radical (unpaired) electrons. The minimum Gasteiger partial charge on any atom is -0.492 e. The van der Waals surface area contributed by atoms with Crippen molar-refractivity contribution in [3.8, 4) is 23.2 Å². The Morgan fingerprint density at radius 2 is 2.33 bits per heavy atom. The van der Waals surface area contributed by atoms with E-state index >= 15 is 0 Å². The van der Waals surface area contributed by atoms with Crippen molar-refractivity contribution in [3.05, 3.63) is 30.1 Å². The quantitative estimate of drug-likeness (QED) is 0.888. The third kappa shape index (κ3) is 2.18. The molecule has 90 valence electrons. The van der Waals surface area contributed by atoms with Gasteiger partial charge in [-0.1, -0.05) is 0 Å². The van der Waals surface area contributed by atoms with Crippen molar-refractivity contribution in [1.29, 1.82) is 5.26 Å². The van der Waals surface area contributed by atoms with Crippen LogP contribution in [0, 0.1) is 17.2 Å². The smallest absolute Gasteiger partial charge is 0.155 e. The van der Waals surface area contributed by atoms with Crippen LogP contribution in [0.25, 0.3) is 11.4 Å². The highest BCUT2D eigenvalue weighted by Crippen LogP contribution is 2.31. The molecule has 1 N–H and O–H groups in total. The maximum atomic E-state index is 9.15. The van der Waals surface area contributed by atoms with E-state index < -0.39 is 0 Å². The van der Waals surface area contributed by atoms with E-state index in [1.165, 1.54) is 19.2 Å². The van der Waals surface area contributed by atoms with Crippen molar-refractivity contribution in [3.63, 3.8) is 0 Å². The van der Waals surface area contributed by atoms with E-state index in [-0.39, 0.29) is 0 Å². The maximum Gasteiger partial charge on any atom is 0.155 e. The fraction of sp³-hybridized carbons (Fsp3) is 0.308. The molecule has 0 spiro atoms. The van der Waals surface area contributed by atoms with Crippen LogP contribution in [0.5, 0.6) is 5.75 Å². The van der Waals surface area contributed by atoms with Gasteiger partial charge in [-0.2, -0.15) is 10.4 Å². The van der Waals surface area contributed by atoms with E-state index in [4.69, 9.17) is 10.00 Å². The highest BCUT2D eigenvalue weighted by Gasteiger charge is 2.22. The molecule has 1 saturated carbocycles. The molecule has 0 unspecified atom stereocenters. The van der Waals surface area contributed by atoms with Gasteiger partial charge >= 0.3 is 0 Å². The summed E-state index contributed by atoms with van der Waals surface area (Å²) in [6.07, 6.45) is 3.91. The average molecular weight is 240 g/mol. The van der Waals surface area contributed by atoms with Crippen LogP contribution < -0.4 is 4.74 Å². The Labute approximate surface area is 104 Å². The second-order valence-corrected chi connectivity index (χ2v) is 4.41. The molecule has 1 aromatic carbocycles. The summed E-state index contributed by atoms with van der Waals surface area (Å²) in [4.78, 5) is 4.06. The molecule has 1 aliphatic rings. The summed E-state index contributed by atoms with van der Waals surface area (Å²) in [5, 5.41) is 15.7. The van der Waals surface area contributed by atoms with Gasteiger partial charge in [-0.25, -0.2) is 4.98 Å². The Bertz CT molecular complexity index is 582. The standard InChI is InChI=1S/C13H12N4O/c14-6-11-5-10(13-15-8-16-17-13)3-4-12(11)18-7-9-1-2-9/h3-5,8-9H,1-2,7H2,(H,15,16,17). The highest BCUT2D eigenvalue weighted by molar-refractivity contribution is 5.60. The van der Waals surface area contributed by atoms with Gasteiger partial charge in [0.2, 0.25) is 0 Å². The lowest BCUT2D eigenvalue weighted by Gasteiger charge is -2.07. The lowest BCUT2D eigenvalue weighted by molar-refractivity contribution is 0.299. The molecule has 5 heteroatoms. The zero-order valence-electron chi connectivity index (χ0n) is 9.76. The number of benzene rings is 1. The Hall–Kier alpha value is -2.35. The SMILES string of the molecule is N#Cc1cc(-c2ncn[nH]2)ccc1OCC1CC1. The number of hydrogen-bond donors (Lipinski definition) is 1. The molecule has 1 aromatic heterocycles. The minimum absolute atomic E-state index is 0.532. The summed E-state index contributed by atoms with van der Waals surface area (Å²) < 4.78 is 5.66. The minimum atomic E-state index is 0.532. The van der Waals surface area contributed by atoms with Crippen LogP contribution in [0.1, 0.15) is 18.4 Å². The summed E-state index contributed by atoms with van der Waals surface area (Å²) in [6.45, 7) is 0.705. The van der Waals surface area contributed by atoms with Gasteiger partial charge < -0.3 is 4.74 Å². The van der Waals surface area contributed by atoms with Crippen LogP contribution >= 0.6 is 0 Å². The van der Waals surface area contributed by atoms with Crippen LogP contribution in [0.2, 0.25) is 0 Å². The normalized spacial score (nSPS) is 14.2. The average Bonchev–Trinajstić information content (AvgIpc) is 3.08. The van der Waals surface area contributed by atoms with Crippen LogP contribution in [0.15, 0.2) is 24.5 Å². The first-order valence-corrected chi connectivity index (χ1v) is 5.89. The molecule has 0 saturated heterocycles. The zero-order valence-corrected chi connectivity index (χ0v) is 9.76. The van der Waals surface area contributed by atoms with E-state index in [1.54, 1.807) is 6.07 Å². The van der Waals surface area contributed by atoms with Crippen molar-refractivity contribution < 1.29 is 4.74 Å². The zero-order chi connectivity index (χ0) is 12.4. The van der Waals surface area contributed by atoms with Crippen molar-refractivity contribution in [1.82, 2.24) is 15.2 Å². The van der Waals surface area contributed by atoms with E-state index in [2.05, 4.69) is 21.3 Å². The van der Waals surface area contributed by atoms with Crippen LogP contribution in [0.4, 0.5) is 0 Å². The van der Waals surface area contributed by atoms with Crippen molar-refractivity contribution in [2.75, 3.05) is 6.61 Å². The first-order chi connectivity index (χ1) is 8.86. The van der Waals surface area contributed by atoms with Gasteiger partial charge in [0.05, 0.1) is 12.2 Å². The van der Waals surface area contributed by atoms with Crippen LogP contribution in [-0.2, 0) is 0 Å². The number of aromatic amines is 1. The van der Waals surface area contributed by atoms with Gasteiger partial charge in [-0.05, 0) is 37.0 Å². The topological polar surface area (TPSA) is 74.6 Å². The molecule has 1 heterocycles.